The average molecular weight is 331 g/mol. The lowest BCUT2D eigenvalue weighted by molar-refractivity contribution is -0.132. The van der Waals surface area contributed by atoms with E-state index in [0.717, 1.165) is 0 Å². The first-order chi connectivity index (χ1) is 8.40. The van der Waals surface area contributed by atoms with Crippen LogP contribution in [0.3, 0.4) is 0 Å². The highest BCUT2D eigenvalue weighted by Crippen LogP contribution is 2.19. The maximum absolute atomic E-state index is 11.2. The average Bonchev–Trinajstić information content (AvgIpc) is 2.29. The van der Waals surface area contributed by atoms with Crippen LogP contribution in [0, 0.1) is 0 Å². The molecule has 1 amide bonds. The lowest BCUT2D eigenvalue weighted by Crippen LogP contribution is -2.19. The first-order valence-electron chi connectivity index (χ1n) is 4.59. The van der Waals surface area contributed by atoms with Crippen molar-refractivity contribution in [2.24, 2.45) is 0 Å². The number of hydrogen-bond donors (Lipinski definition) is 1. The van der Waals surface area contributed by atoms with E-state index in [1.165, 1.54) is 12.1 Å². The van der Waals surface area contributed by atoms with Gasteiger partial charge in [0.15, 0.2) is 4.84 Å². The molecule has 8 heteroatoms. The van der Waals surface area contributed by atoms with Gasteiger partial charge in [-0.2, -0.15) is 0 Å². The summed E-state index contributed by atoms with van der Waals surface area (Å²) in [7, 11) is 0. The zero-order chi connectivity index (χ0) is 13.7. The van der Waals surface area contributed by atoms with Crippen molar-refractivity contribution in [1.29, 1.82) is 0 Å². The van der Waals surface area contributed by atoms with E-state index in [9.17, 15) is 9.59 Å². The van der Waals surface area contributed by atoms with Crippen molar-refractivity contribution in [2.75, 3.05) is 5.32 Å². The van der Waals surface area contributed by atoms with Crippen LogP contribution in [-0.4, -0.2) is 21.5 Å². The number of carbonyl (C=O) groups excluding carboxylic acids is 2. The third kappa shape index (κ3) is 4.90. The summed E-state index contributed by atoms with van der Waals surface area (Å²) in [5.41, 5.74) is 0.372. The van der Waals surface area contributed by atoms with Crippen LogP contribution >= 0.6 is 46.4 Å². The van der Waals surface area contributed by atoms with Crippen LogP contribution in [0.1, 0.15) is 0 Å². The smallest absolute Gasteiger partial charge is 0.344 e. The van der Waals surface area contributed by atoms with E-state index in [-0.39, 0.29) is 5.75 Å². The number of ether oxygens (including phenoxy) is 1. The van der Waals surface area contributed by atoms with Crippen LogP contribution in [0.5, 0.6) is 5.75 Å². The van der Waals surface area contributed by atoms with E-state index in [2.05, 4.69) is 5.32 Å². The molecule has 1 aromatic rings. The minimum absolute atomic E-state index is 0.185. The Balaban J connectivity index is 2.74. The van der Waals surface area contributed by atoms with Crippen molar-refractivity contribution in [2.45, 2.75) is 9.67 Å². The Bertz CT molecular complexity index is 413. The lowest BCUT2D eigenvalue weighted by atomic mass is 10.3. The van der Waals surface area contributed by atoms with Crippen LogP contribution in [0.4, 0.5) is 5.69 Å². The Morgan fingerprint density at radius 1 is 1.11 bits per heavy atom. The molecular weight excluding hydrogens is 324 g/mol. The van der Waals surface area contributed by atoms with Crippen molar-refractivity contribution < 1.29 is 14.3 Å². The van der Waals surface area contributed by atoms with Gasteiger partial charge in [0.1, 0.15) is 5.75 Å². The van der Waals surface area contributed by atoms with Gasteiger partial charge in [0.25, 0.3) is 5.91 Å². The second kappa shape index (κ2) is 7.04. The van der Waals surface area contributed by atoms with Gasteiger partial charge in [-0.1, -0.05) is 52.5 Å². The number of hydrogen-bond acceptors (Lipinski definition) is 3. The molecule has 0 heterocycles. The summed E-state index contributed by atoms with van der Waals surface area (Å²) in [5, 5.41) is 2.42. The van der Waals surface area contributed by atoms with E-state index >= 15 is 0 Å². The van der Waals surface area contributed by atoms with Crippen LogP contribution in [-0.2, 0) is 9.59 Å². The van der Waals surface area contributed by atoms with Gasteiger partial charge in [0.2, 0.25) is 4.84 Å². The van der Waals surface area contributed by atoms with E-state index < -0.39 is 21.5 Å². The van der Waals surface area contributed by atoms with Gasteiger partial charge in [-0.15, -0.1) is 0 Å². The molecule has 0 aromatic heterocycles. The van der Waals surface area contributed by atoms with E-state index in [4.69, 9.17) is 51.1 Å². The molecule has 0 aliphatic heterocycles. The van der Waals surface area contributed by atoms with Crippen molar-refractivity contribution >= 4 is 64.0 Å². The van der Waals surface area contributed by atoms with Crippen LogP contribution in [0.2, 0.25) is 0 Å². The quantitative estimate of drug-likeness (QED) is 0.524. The highest BCUT2D eigenvalue weighted by molar-refractivity contribution is 6.54. The molecule has 0 bridgehead atoms. The first kappa shape index (κ1) is 15.4. The number of benzene rings is 1. The zero-order valence-corrected chi connectivity index (χ0v) is 11.7. The van der Waals surface area contributed by atoms with Crippen molar-refractivity contribution in [3.63, 3.8) is 0 Å². The Morgan fingerprint density at radius 2 is 1.78 bits per heavy atom. The molecule has 0 saturated heterocycles. The van der Waals surface area contributed by atoms with Gasteiger partial charge in [-0.25, -0.2) is 4.79 Å². The molecule has 0 saturated carbocycles. The molecule has 98 valence electrons. The summed E-state index contributed by atoms with van der Waals surface area (Å²) in [4.78, 5) is 19.9. The maximum atomic E-state index is 11.2. The zero-order valence-electron chi connectivity index (χ0n) is 8.70. The fourth-order valence-electron chi connectivity index (χ4n) is 0.995. The number of carbonyl (C=O) groups is 2. The van der Waals surface area contributed by atoms with Crippen LogP contribution in [0.25, 0.3) is 0 Å². The minimum atomic E-state index is -1.28. The number of alkyl halides is 4. The molecule has 0 radical (unpaired) electrons. The predicted octanol–water partition coefficient (Wildman–Crippen LogP) is 3.14. The fraction of sp³-hybridized carbons (Fsp3) is 0.200. The lowest BCUT2D eigenvalue weighted by Gasteiger charge is -2.08. The molecule has 4 nitrogen and oxygen atoms in total. The topological polar surface area (TPSA) is 55.4 Å². The van der Waals surface area contributed by atoms with E-state index in [0.29, 0.717) is 5.69 Å². The van der Waals surface area contributed by atoms with Gasteiger partial charge in [0.05, 0.1) is 0 Å². The van der Waals surface area contributed by atoms with Gasteiger partial charge >= 0.3 is 5.97 Å². The highest BCUT2D eigenvalue weighted by atomic mass is 35.5. The van der Waals surface area contributed by atoms with Gasteiger partial charge in [0, 0.05) is 11.8 Å². The van der Waals surface area contributed by atoms with Crippen LogP contribution in [0.15, 0.2) is 24.3 Å². The van der Waals surface area contributed by atoms with Crippen LogP contribution < -0.4 is 10.1 Å². The number of esters is 1. The summed E-state index contributed by atoms with van der Waals surface area (Å²) < 4.78 is 4.84. The number of halogens is 4. The molecule has 0 aliphatic rings. The second-order valence-corrected chi connectivity index (χ2v) is 5.23. The molecule has 0 atom stereocenters. The molecule has 1 aromatic carbocycles. The molecule has 18 heavy (non-hydrogen) atoms. The Hall–Kier alpha value is -0.680. The summed E-state index contributed by atoms with van der Waals surface area (Å²) >= 11 is 21.4. The summed E-state index contributed by atoms with van der Waals surface area (Å²) in [6, 6.07) is 6.04. The summed E-state index contributed by atoms with van der Waals surface area (Å²) in [6.45, 7) is 0. The second-order valence-electron chi connectivity index (χ2n) is 3.04. The fourth-order valence-corrected chi connectivity index (χ4v) is 1.19. The molecule has 1 N–H and O–H groups in total. The minimum Gasteiger partial charge on any atom is -0.424 e. The molecule has 0 fully saturated rings. The third-order valence-corrected chi connectivity index (χ3v) is 2.45. The predicted molar refractivity (Wildman–Crippen MR) is 71.7 cm³/mol. The Kier molecular flexibility index (Phi) is 6.02. The number of amides is 1. The van der Waals surface area contributed by atoms with Gasteiger partial charge < -0.3 is 10.1 Å². The molecule has 0 aliphatic carbocycles. The maximum Gasteiger partial charge on any atom is 0.344 e. The Morgan fingerprint density at radius 3 is 2.33 bits per heavy atom. The molecular formula is C10H7Cl4NO3. The molecule has 1 rings (SSSR count). The largest absolute Gasteiger partial charge is 0.424 e. The summed E-state index contributed by atoms with van der Waals surface area (Å²) in [6.07, 6.45) is 0. The third-order valence-electron chi connectivity index (χ3n) is 1.70. The number of rotatable bonds is 4. The standard InChI is InChI=1S/C10H7Cl4NO3/c11-7(12)9(16)15-5-2-1-3-6(4-5)18-10(17)8(13)14/h1-4,7-8H,(H,15,16). The summed E-state index contributed by atoms with van der Waals surface area (Å²) in [5.74, 6) is -1.21. The first-order valence-corrected chi connectivity index (χ1v) is 6.33. The Labute approximate surface area is 123 Å². The van der Waals surface area contributed by atoms with Gasteiger partial charge in [-0.05, 0) is 12.1 Å². The highest BCUT2D eigenvalue weighted by Gasteiger charge is 2.15. The SMILES string of the molecule is O=C(Nc1cccc(OC(=O)C(Cl)Cl)c1)C(Cl)Cl. The number of nitrogens with one attached hydrogen (secondary N) is 1. The van der Waals surface area contributed by atoms with Crippen molar-refractivity contribution in [3.8, 4) is 5.75 Å². The molecule has 0 spiro atoms. The normalized spacial score (nSPS) is 10.6. The number of anilines is 1. The van der Waals surface area contributed by atoms with E-state index in [1.54, 1.807) is 12.1 Å². The van der Waals surface area contributed by atoms with Gasteiger partial charge in [-0.3, -0.25) is 4.79 Å². The monoisotopic (exact) mass is 329 g/mol. The molecule has 0 unspecified atom stereocenters. The van der Waals surface area contributed by atoms with E-state index in [1.807, 2.05) is 0 Å². The van der Waals surface area contributed by atoms with Crippen molar-refractivity contribution in [3.05, 3.63) is 24.3 Å². The van der Waals surface area contributed by atoms with Crippen molar-refractivity contribution in [1.82, 2.24) is 0 Å².